The summed E-state index contributed by atoms with van der Waals surface area (Å²) in [5.41, 5.74) is 9.58. The molecule has 1 aromatic carbocycles. The molecule has 0 radical (unpaired) electrons. The summed E-state index contributed by atoms with van der Waals surface area (Å²) in [6, 6.07) is 17.0. The summed E-state index contributed by atoms with van der Waals surface area (Å²) in [7, 11) is 0. The molecule has 2 N–H and O–H groups in total. The van der Waals surface area contributed by atoms with Gasteiger partial charge in [0.05, 0.1) is 0 Å². The highest BCUT2D eigenvalue weighted by atomic mass is 16.5. The van der Waals surface area contributed by atoms with Gasteiger partial charge in [-0.1, -0.05) is 18.2 Å². The van der Waals surface area contributed by atoms with Crippen LogP contribution in [0.2, 0.25) is 0 Å². The molecule has 0 saturated carbocycles. The molecule has 3 aromatic rings. The van der Waals surface area contributed by atoms with E-state index in [0.717, 1.165) is 76.8 Å². The third-order valence-electron chi connectivity index (χ3n) is 7.01. The first-order chi connectivity index (χ1) is 17.1. The highest BCUT2D eigenvalue weighted by molar-refractivity contribution is 5.39. The number of piperidine rings is 1. The second-order valence-corrected chi connectivity index (χ2v) is 9.78. The first-order valence-corrected chi connectivity index (χ1v) is 12.7. The number of nitrogens with two attached hydrogens (primary N) is 1. The molecule has 7 nitrogen and oxygen atoms in total. The Kier molecular flexibility index (Phi) is 7.45. The molecular formula is C28H36N6O. The van der Waals surface area contributed by atoms with E-state index in [1.165, 1.54) is 16.7 Å². The van der Waals surface area contributed by atoms with Crippen molar-refractivity contribution in [3.63, 3.8) is 0 Å². The molecule has 0 amide bonds. The van der Waals surface area contributed by atoms with Crippen molar-refractivity contribution >= 4 is 11.6 Å². The van der Waals surface area contributed by atoms with E-state index in [1.807, 2.05) is 18.3 Å². The van der Waals surface area contributed by atoms with E-state index in [-0.39, 0.29) is 6.10 Å². The van der Waals surface area contributed by atoms with Crippen LogP contribution in [-0.2, 0) is 13.1 Å². The Morgan fingerprint density at radius 2 is 1.54 bits per heavy atom. The van der Waals surface area contributed by atoms with E-state index < -0.39 is 0 Å². The fourth-order valence-electron chi connectivity index (χ4n) is 4.94. The number of aromatic nitrogens is 2. The first-order valence-electron chi connectivity index (χ1n) is 12.7. The van der Waals surface area contributed by atoms with Gasteiger partial charge < -0.3 is 15.4 Å². The Morgan fingerprint density at radius 1 is 0.829 bits per heavy atom. The van der Waals surface area contributed by atoms with E-state index in [1.54, 1.807) is 6.20 Å². The molecule has 2 aliphatic rings. The largest absolute Gasteiger partial charge is 0.490 e. The lowest BCUT2D eigenvalue weighted by Gasteiger charge is -2.35. The van der Waals surface area contributed by atoms with Crippen molar-refractivity contribution < 1.29 is 4.74 Å². The summed E-state index contributed by atoms with van der Waals surface area (Å²) in [5, 5.41) is 0. The number of piperazine rings is 1. The van der Waals surface area contributed by atoms with Crippen LogP contribution in [-0.4, -0.2) is 65.1 Å². The van der Waals surface area contributed by atoms with Crippen molar-refractivity contribution in [2.45, 2.75) is 39.0 Å². The lowest BCUT2D eigenvalue weighted by molar-refractivity contribution is 0.0967. The molecule has 4 heterocycles. The second-order valence-electron chi connectivity index (χ2n) is 9.78. The fourth-order valence-corrected chi connectivity index (χ4v) is 4.94. The van der Waals surface area contributed by atoms with Crippen LogP contribution in [0.4, 0.5) is 11.6 Å². The van der Waals surface area contributed by atoms with Crippen molar-refractivity contribution in [2.75, 3.05) is 49.9 Å². The third kappa shape index (κ3) is 6.50. The standard InChI is InChI=1S/C28H36N6O/c1-22-2-7-28(31-19-22)34-16-14-33(15-17-34)20-23-3-5-25(6-4-23)35-26-9-12-32(13-10-26)21-24-8-11-30-27(29)18-24/h2-8,11,18-19,26H,9-10,12-17,20-21H2,1H3,(H2,29,30). The first kappa shape index (κ1) is 23.6. The Labute approximate surface area is 208 Å². The summed E-state index contributed by atoms with van der Waals surface area (Å²) in [6.07, 6.45) is 6.11. The molecule has 0 unspecified atom stereocenters. The van der Waals surface area contributed by atoms with Gasteiger partial charge in [-0.2, -0.15) is 0 Å². The Hall–Kier alpha value is -3.16. The molecule has 7 heteroatoms. The van der Waals surface area contributed by atoms with Gasteiger partial charge >= 0.3 is 0 Å². The van der Waals surface area contributed by atoms with Gasteiger partial charge in [-0.3, -0.25) is 9.80 Å². The van der Waals surface area contributed by atoms with Crippen LogP contribution in [0.15, 0.2) is 60.9 Å². The number of nitrogen functional groups attached to an aromatic ring is 1. The lowest BCUT2D eigenvalue weighted by atomic mass is 10.1. The zero-order valence-electron chi connectivity index (χ0n) is 20.6. The average molecular weight is 473 g/mol. The van der Waals surface area contributed by atoms with Crippen LogP contribution >= 0.6 is 0 Å². The van der Waals surface area contributed by atoms with Gasteiger partial charge in [0.1, 0.15) is 23.5 Å². The highest BCUT2D eigenvalue weighted by Gasteiger charge is 2.21. The number of hydrogen-bond donors (Lipinski definition) is 1. The fraction of sp³-hybridized carbons (Fsp3) is 0.429. The number of hydrogen-bond acceptors (Lipinski definition) is 7. The smallest absolute Gasteiger partial charge is 0.128 e. The number of likely N-dealkylation sites (tertiary alicyclic amines) is 1. The molecular weight excluding hydrogens is 436 g/mol. The number of pyridine rings is 2. The van der Waals surface area contributed by atoms with Gasteiger partial charge in [-0.25, -0.2) is 9.97 Å². The van der Waals surface area contributed by atoms with Crippen LogP contribution in [0.25, 0.3) is 0 Å². The van der Waals surface area contributed by atoms with Crippen LogP contribution in [0.3, 0.4) is 0 Å². The Morgan fingerprint density at radius 3 is 2.23 bits per heavy atom. The summed E-state index contributed by atoms with van der Waals surface area (Å²) in [6.45, 7) is 10.2. The topological polar surface area (TPSA) is 70.8 Å². The summed E-state index contributed by atoms with van der Waals surface area (Å²) in [4.78, 5) is 16.0. The molecule has 0 aliphatic carbocycles. The minimum Gasteiger partial charge on any atom is -0.490 e. The number of benzene rings is 1. The maximum atomic E-state index is 6.31. The summed E-state index contributed by atoms with van der Waals surface area (Å²) < 4.78 is 6.31. The summed E-state index contributed by atoms with van der Waals surface area (Å²) >= 11 is 0. The molecule has 2 fully saturated rings. The van der Waals surface area contributed by atoms with Crippen molar-refractivity contribution in [1.82, 2.24) is 19.8 Å². The monoisotopic (exact) mass is 472 g/mol. The van der Waals surface area contributed by atoms with Crippen LogP contribution in [0, 0.1) is 6.92 Å². The molecule has 2 saturated heterocycles. The normalized spacial score (nSPS) is 18.0. The van der Waals surface area contributed by atoms with E-state index >= 15 is 0 Å². The Balaban J connectivity index is 1.04. The van der Waals surface area contributed by atoms with Gasteiger partial charge in [0, 0.05) is 64.8 Å². The maximum Gasteiger partial charge on any atom is 0.128 e. The van der Waals surface area contributed by atoms with Gasteiger partial charge in [-0.15, -0.1) is 0 Å². The van der Waals surface area contributed by atoms with E-state index in [4.69, 9.17) is 10.5 Å². The molecule has 0 bridgehead atoms. The van der Waals surface area contributed by atoms with Crippen molar-refractivity contribution in [1.29, 1.82) is 0 Å². The SMILES string of the molecule is Cc1ccc(N2CCN(Cc3ccc(OC4CCN(Cc5ccnc(N)c5)CC4)cc3)CC2)nc1. The van der Waals surface area contributed by atoms with Gasteiger partial charge in [0.2, 0.25) is 0 Å². The predicted molar refractivity (Wildman–Crippen MR) is 140 cm³/mol. The van der Waals surface area contributed by atoms with E-state index in [2.05, 4.69) is 68.0 Å². The van der Waals surface area contributed by atoms with E-state index in [0.29, 0.717) is 5.82 Å². The molecule has 0 spiro atoms. The van der Waals surface area contributed by atoms with Crippen LogP contribution in [0.5, 0.6) is 5.75 Å². The molecule has 35 heavy (non-hydrogen) atoms. The zero-order chi connectivity index (χ0) is 24.0. The van der Waals surface area contributed by atoms with Gasteiger partial charge in [0.15, 0.2) is 0 Å². The number of ether oxygens (including phenoxy) is 1. The second kappa shape index (κ2) is 11.1. The van der Waals surface area contributed by atoms with Crippen molar-refractivity contribution in [3.05, 3.63) is 77.6 Å². The molecule has 2 aliphatic heterocycles. The zero-order valence-corrected chi connectivity index (χ0v) is 20.6. The minimum atomic E-state index is 0.281. The van der Waals surface area contributed by atoms with Gasteiger partial charge in [-0.05, 0) is 66.8 Å². The highest BCUT2D eigenvalue weighted by Crippen LogP contribution is 2.22. The lowest BCUT2D eigenvalue weighted by Crippen LogP contribution is -2.46. The van der Waals surface area contributed by atoms with E-state index in [9.17, 15) is 0 Å². The molecule has 184 valence electrons. The summed E-state index contributed by atoms with van der Waals surface area (Å²) in [5.74, 6) is 2.65. The van der Waals surface area contributed by atoms with Crippen LogP contribution < -0.4 is 15.4 Å². The number of nitrogens with zero attached hydrogens (tertiary/aromatic N) is 5. The maximum absolute atomic E-state index is 6.31. The predicted octanol–water partition coefficient (Wildman–Crippen LogP) is 3.73. The van der Waals surface area contributed by atoms with Crippen molar-refractivity contribution in [3.8, 4) is 5.75 Å². The Bertz CT molecular complexity index is 1070. The molecule has 0 atom stereocenters. The van der Waals surface area contributed by atoms with Crippen molar-refractivity contribution in [2.24, 2.45) is 0 Å². The number of anilines is 2. The number of aryl methyl sites for hydroxylation is 1. The molecule has 5 rings (SSSR count). The number of rotatable bonds is 7. The van der Waals surface area contributed by atoms with Crippen LogP contribution in [0.1, 0.15) is 29.5 Å². The average Bonchev–Trinajstić information content (AvgIpc) is 2.88. The minimum absolute atomic E-state index is 0.281. The quantitative estimate of drug-likeness (QED) is 0.562. The van der Waals surface area contributed by atoms with Gasteiger partial charge in [0.25, 0.3) is 0 Å². The molecule has 2 aromatic heterocycles. The third-order valence-corrected chi connectivity index (χ3v) is 7.01.